The van der Waals surface area contributed by atoms with Gasteiger partial charge in [0, 0.05) is 50.6 Å². The number of pyridine rings is 1. The van der Waals surface area contributed by atoms with Crippen LogP contribution in [0.1, 0.15) is 24.8 Å². The Hall–Kier alpha value is -2.69. The number of fused-ring (bicyclic) bond motifs is 2. The number of benzene rings is 2. The summed E-state index contributed by atoms with van der Waals surface area (Å²) in [5.74, 6) is 0. The Labute approximate surface area is 171 Å². The van der Waals surface area contributed by atoms with Gasteiger partial charge in [-0.25, -0.2) is 4.98 Å². The Kier molecular flexibility index (Phi) is 5.04. The third-order valence-electron chi connectivity index (χ3n) is 5.82. The van der Waals surface area contributed by atoms with Crippen LogP contribution >= 0.6 is 0 Å². The molecular weight excluding hydrogens is 358 g/mol. The maximum absolute atomic E-state index is 5.26. The molecule has 1 aliphatic carbocycles. The predicted molar refractivity (Wildman–Crippen MR) is 119 cm³/mol. The molecule has 0 unspecified atom stereocenters. The van der Waals surface area contributed by atoms with Crippen LogP contribution in [0.15, 0.2) is 60.9 Å². The van der Waals surface area contributed by atoms with E-state index >= 15 is 0 Å². The molecule has 0 spiro atoms. The standard InChI is InChI=1S/C25H27N3O/c1-29-15-5-14-28-17-19(16-27-20-10-11-20)24-23(12-13-26-25(24)28)22-9-4-7-18-6-2-3-8-21(18)22/h2-4,6-9,12-13,17,20,27H,5,10-11,14-16H2,1H3. The first-order valence-electron chi connectivity index (χ1n) is 10.5. The molecule has 4 nitrogen and oxygen atoms in total. The lowest BCUT2D eigenvalue weighted by atomic mass is 9.96. The molecule has 1 aliphatic rings. The van der Waals surface area contributed by atoms with Crippen molar-refractivity contribution in [2.24, 2.45) is 0 Å². The van der Waals surface area contributed by atoms with E-state index in [2.05, 4.69) is 64.6 Å². The Morgan fingerprint density at radius 1 is 1.07 bits per heavy atom. The molecular formula is C25H27N3O. The zero-order valence-electron chi connectivity index (χ0n) is 16.9. The van der Waals surface area contributed by atoms with Gasteiger partial charge in [0.2, 0.25) is 0 Å². The number of aromatic nitrogens is 2. The van der Waals surface area contributed by atoms with E-state index in [1.54, 1.807) is 7.11 Å². The average Bonchev–Trinajstić information content (AvgIpc) is 3.53. The highest BCUT2D eigenvalue weighted by Crippen LogP contribution is 2.36. The van der Waals surface area contributed by atoms with Gasteiger partial charge in [0.25, 0.3) is 0 Å². The molecule has 2 heterocycles. The fraction of sp³-hybridized carbons (Fsp3) is 0.320. The van der Waals surface area contributed by atoms with Gasteiger partial charge in [-0.05, 0) is 52.8 Å². The Bertz CT molecular complexity index is 1140. The van der Waals surface area contributed by atoms with Gasteiger partial charge in [0.15, 0.2) is 0 Å². The number of ether oxygens (including phenoxy) is 1. The molecule has 0 amide bonds. The van der Waals surface area contributed by atoms with Crippen LogP contribution in [0.25, 0.3) is 32.9 Å². The number of aryl methyl sites for hydroxylation is 1. The van der Waals surface area contributed by atoms with Gasteiger partial charge in [-0.1, -0.05) is 42.5 Å². The predicted octanol–water partition coefficient (Wildman–Crippen LogP) is 5.15. The summed E-state index contributed by atoms with van der Waals surface area (Å²) in [6.45, 7) is 2.57. The SMILES string of the molecule is COCCCn1cc(CNC2CC2)c2c(-c3cccc4ccccc34)ccnc21. The Balaban J connectivity index is 1.66. The molecule has 148 valence electrons. The van der Waals surface area contributed by atoms with Crippen molar-refractivity contribution in [3.05, 3.63) is 66.5 Å². The Morgan fingerprint density at radius 3 is 2.79 bits per heavy atom. The lowest BCUT2D eigenvalue weighted by Gasteiger charge is -2.10. The van der Waals surface area contributed by atoms with Gasteiger partial charge in [0.1, 0.15) is 5.65 Å². The summed E-state index contributed by atoms with van der Waals surface area (Å²) in [7, 11) is 1.76. The van der Waals surface area contributed by atoms with E-state index in [0.29, 0.717) is 6.04 Å². The van der Waals surface area contributed by atoms with E-state index in [9.17, 15) is 0 Å². The summed E-state index contributed by atoms with van der Waals surface area (Å²) in [5, 5.41) is 7.53. The number of hydrogen-bond acceptors (Lipinski definition) is 3. The number of nitrogens with one attached hydrogen (secondary N) is 1. The van der Waals surface area contributed by atoms with Crippen LogP contribution in [-0.4, -0.2) is 29.3 Å². The van der Waals surface area contributed by atoms with E-state index in [1.807, 2.05) is 6.20 Å². The molecule has 4 aromatic rings. The second-order valence-corrected chi connectivity index (χ2v) is 7.93. The average molecular weight is 386 g/mol. The maximum atomic E-state index is 5.26. The fourth-order valence-electron chi connectivity index (χ4n) is 4.21. The first kappa shape index (κ1) is 18.3. The van der Waals surface area contributed by atoms with Crippen molar-refractivity contribution in [1.29, 1.82) is 0 Å². The van der Waals surface area contributed by atoms with Crippen molar-refractivity contribution >= 4 is 21.8 Å². The molecule has 0 bridgehead atoms. The number of rotatable bonds is 8. The van der Waals surface area contributed by atoms with Crippen molar-refractivity contribution in [1.82, 2.24) is 14.9 Å². The lowest BCUT2D eigenvalue weighted by Crippen LogP contribution is -2.15. The summed E-state index contributed by atoms with van der Waals surface area (Å²) >= 11 is 0. The van der Waals surface area contributed by atoms with Crippen molar-refractivity contribution in [3.63, 3.8) is 0 Å². The zero-order valence-corrected chi connectivity index (χ0v) is 16.9. The van der Waals surface area contributed by atoms with E-state index in [1.165, 1.54) is 45.7 Å². The number of nitrogens with zero attached hydrogens (tertiary/aromatic N) is 2. The first-order valence-corrected chi connectivity index (χ1v) is 10.5. The zero-order chi connectivity index (χ0) is 19.6. The van der Waals surface area contributed by atoms with Crippen molar-refractivity contribution in [2.45, 2.75) is 38.4 Å². The van der Waals surface area contributed by atoms with E-state index in [-0.39, 0.29) is 0 Å². The van der Waals surface area contributed by atoms with Gasteiger partial charge in [-0.2, -0.15) is 0 Å². The third kappa shape index (κ3) is 3.66. The second-order valence-electron chi connectivity index (χ2n) is 7.93. The minimum Gasteiger partial charge on any atom is -0.385 e. The van der Waals surface area contributed by atoms with Crippen LogP contribution in [-0.2, 0) is 17.8 Å². The lowest BCUT2D eigenvalue weighted by molar-refractivity contribution is 0.190. The number of hydrogen-bond donors (Lipinski definition) is 1. The third-order valence-corrected chi connectivity index (χ3v) is 5.82. The highest BCUT2D eigenvalue weighted by Gasteiger charge is 2.22. The molecule has 1 fully saturated rings. The molecule has 0 radical (unpaired) electrons. The summed E-state index contributed by atoms with van der Waals surface area (Å²) in [6.07, 6.45) is 7.81. The fourth-order valence-corrected chi connectivity index (χ4v) is 4.21. The van der Waals surface area contributed by atoms with Crippen LogP contribution in [0.4, 0.5) is 0 Å². The molecule has 1 saturated carbocycles. The van der Waals surface area contributed by atoms with E-state index in [4.69, 9.17) is 9.72 Å². The largest absolute Gasteiger partial charge is 0.385 e. The van der Waals surface area contributed by atoms with Crippen LogP contribution in [0, 0.1) is 0 Å². The van der Waals surface area contributed by atoms with Gasteiger partial charge >= 0.3 is 0 Å². The minimum absolute atomic E-state index is 0.680. The minimum atomic E-state index is 0.680. The van der Waals surface area contributed by atoms with Crippen LogP contribution < -0.4 is 5.32 Å². The van der Waals surface area contributed by atoms with Crippen LogP contribution in [0.2, 0.25) is 0 Å². The van der Waals surface area contributed by atoms with E-state index < -0.39 is 0 Å². The molecule has 5 rings (SSSR count). The normalized spacial score (nSPS) is 14.1. The molecule has 4 heteroatoms. The van der Waals surface area contributed by atoms with Crippen LogP contribution in [0.5, 0.6) is 0 Å². The Morgan fingerprint density at radius 2 is 1.93 bits per heavy atom. The molecule has 0 atom stereocenters. The second kappa shape index (κ2) is 7.97. The van der Waals surface area contributed by atoms with Gasteiger partial charge in [0.05, 0.1) is 0 Å². The molecule has 2 aromatic carbocycles. The van der Waals surface area contributed by atoms with Gasteiger partial charge in [-0.15, -0.1) is 0 Å². The summed E-state index contributed by atoms with van der Waals surface area (Å²) in [5.41, 5.74) is 4.95. The molecule has 0 saturated heterocycles. The monoisotopic (exact) mass is 385 g/mol. The van der Waals surface area contributed by atoms with Gasteiger partial charge in [-0.3, -0.25) is 0 Å². The summed E-state index contributed by atoms with van der Waals surface area (Å²) in [4.78, 5) is 4.78. The first-order chi connectivity index (χ1) is 14.3. The van der Waals surface area contributed by atoms with Crippen LogP contribution in [0.3, 0.4) is 0 Å². The molecule has 0 aliphatic heterocycles. The summed E-state index contributed by atoms with van der Waals surface area (Å²) < 4.78 is 7.56. The number of methoxy groups -OCH3 is 1. The highest BCUT2D eigenvalue weighted by molar-refractivity contribution is 6.05. The van der Waals surface area contributed by atoms with Crippen molar-refractivity contribution in [2.75, 3.05) is 13.7 Å². The molecule has 1 N–H and O–H groups in total. The molecule has 29 heavy (non-hydrogen) atoms. The van der Waals surface area contributed by atoms with Crippen molar-refractivity contribution in [3.8, 4) is 11.1 Å². The maximum Gasteiger partial charge on any atom is 0.140 e. The molecule has 2 aromatic heterocycles. The van der Waals surface area contributed by atoms with E-state index in [0.717, 1.165) is 31.8 Å². The quantitative estimate of drug-likeness (QED) is 0.427. The summed E-state index contributed by atoms with van der Waals surface area (Å²) in [6, 6.07) is 18.0. The topological polar surface area (TPSA) is 39.1 Å². The smallest absolute Gasteiger partial charge is 0.140 e. The van der Waals surface area contributed by atoms with Gasteiger partial charge < -0.3 is 14.6 Å². The van der Waals surface area contributed by atoms with Crippen molar-refractivity contribution < 1.29 is 4.74 Å². The highest BCUT2D eigenvalue weighted by atomic mass is 16.5.